The molecule has 7 heteroatoms. The van der Waals surface area contributed by atoms with Crippen LogP contribution in [0, 0.1) is 5.82 Å². The van der Waals surface area contributed by atoms with Gasteiger partial charge in [-0.1, -0.05) is 48.5 Å². The number of hydrogen-bond donors (Lipinski definition) is 1. The summed E-state index contributed by atoms with van der Waals surface area (Å²) in [5, 5.41) is 6.97. The zero-order valence-corrected chi connectivity index (χ0v) is 16.4. The SMILES string of the molecule is CN(Cc1ccccc1F)C(=O)c1cc(NC(=O)CCc2ccccc2)n(C)n1. The summed E-state index contributed by atoms with van der Waals surface area (Å²) in [6.07, 6.45) is 0.952. The molecular formula is C22H23FN4O2. The molecule has 1 aromatic heterocycles. The van der Waals surface area contributed by atoms with E-state index < -0.39 is 0 Å². The predicted molar refractivity (Wildman–Crippen MR) is 109 cm³/mol. The molecule has 6 nitrogen and oxygen atoms in total. The molecule has 0 radical (unpaired) electrons. The Morgan fingerprint density at radius 3 is 2.52 bits per heavy atom. The van der Waals surface area contributed by atoms with E-state index >= 15 is 0 Å². The van der Waals surface area contributed by atoms with E-state index in [1.807, 2.05) is 30.3 Å². The van der Waals surface area contributed by atoms with Crippen LogP contribution in [0.15, 0.2) is 60.7 Å². The maximum Gasteiger partial charge on any atom is 0.274 e. The average molecular weight is 394 g/mol. The Bertz CT molecular complexity index is 1000. The maximum atomic E-state index is 13.8. The van der Waals surface area contributed by atoms with Gasteiger partial charge in [0.25, 0.3) is 5.91 Å². The lowest BCUT2D eigenvalue weighted by Gasteiger charge is -2.16. The Hall–Kier alpha value is -3.48. The maximum absolute atomic E-state index is 13.8. The van der Waals surface area contributed by atoms with Gasteiger partial charge in [-0.05, 0) is 18.1 Å². The molecule has 2 aromatic carbocycles. The molecule has 1 heterocycles. The number of nitrogens with one attached hydrogen (secondary N) is 1. The number of halogens is 1. The van der Waals surface area contributed by atoms with E-state index in [2.05, 4.69) is 10.4 Å². The molecule has 0 spiro atoms. The monoisotopic (exact) mass is 394 g/mol. The molecule has 150 valence electrons. The standard InChI is InChI=1S/C22H23FN4O2/c1-26(15-17-10-6-7-11-18(17)23)22(29)19-14-20(27(2)25-19)24-21(28)13-12-16-8-4-3-5-9-16/h3-11,14H,12-13,15H2,1-2H3,(H,24,28). The number of amides is 2. The smallest absolute Gasteiger partial charge is 0.274 e. The van der Waals surface area contributed by atoms with Crippen molar-refractivity contribution in [2.24, 2.45) is 7.05 Å². The van der Waals surface area contributed by atoms with Crippen molar-refractivity contribution in [3.63, 3.8) is 0 Å². The summed E-state index contributed by atoms with van der Waals surface area (Å²) >= 11 is 0. The first kappa shape index (κ1) is 20.3. The predicted octanol–water partition coefficient (Wildman–Crippen LogP) is 3.40. The van der Waals surface area contributed by atoms with Gasteiger partial charge >= 0.3 is 0 Å². The summed E-state index contributed by atoms with van der Waals surface area (Å²) in [5.74, 6) is -0.436. The summed E-state index contributed by atoms with van der Waals surface area (Å²) in [6.45, 7) is 0.126. The van der Waals surface area contributed by atoms with Crippen molar-refractivity contribution < 1.29 is 14.0 Å². The topological polar surface area (TPSA) is 67.2 Å². The zero-order chi connectivity index (χ0) is 20.8. The normalized spacial score (nSPS) is 10.6. The molecular weight excluding hydrogens is 371 g/mol. The van der Waals surface area contributed by atoms with Crippen LogP contribution in [0.5, 0.6) is 0 Å². The molecule has 0 aliphatic carbocycles. The zero-order valence-electron chi connectivity index (χ0n) is 16.4. The highest BCUT2D eigenvalue weighted by atomic mass is 19.1. The highest BCUT2D eigenvalue weighted by molar-refractivity contribution is 5.95. The fraction of sp³-hybridized carbons (Fsp3) is 0.227. The van der Waals surface area contributed by atoms with Crippen molar-refractivity contribution in [2.75, 3.05) is 12.4 Å². The number of carbonyl (C=O) groups excluding carboxylic acids is 2. The number of aryl methyl sites for hydroxylation is 2. The van der Waals surface area contributed by atoms with Gasteiger partial charge < -0.3 is 10.2 Å². The fourth-order valence-electron chi connectivity index (χ4n) is 2.95. The molecule has 0 fully saturated rings. The van der Waals surface area contributed by atoms with Gasteiger partial charge in [0.1, 0.15) is 11.6 Å². The van der Waals surface area contributed by atoms with Gasteiger partial charge in [-0.25, -0.2) is 4.39 Å². The minimum Gasteiger partial charge on any atom is -0.336 e. The summed E-state index contributed by atoms with van der Waals surface area (Å²) < 4.78 is 15.3. The van der Waals surface area contributed by atoms with E-state index in [1.54, 1.807) is 32.3 Å². The third-order valence-electron chi connectivity index (χ3n) is 4.56. The minimum atomic E-state index is -0.362. The molecule has 0 bridgehead atoms. The number of hydrogen-bond acceptors (Lipinski definition) is 3. The largest absolute Gasteiger partial charge is 0.336 e. The summed E-state index contributed by atoms with van der Waals surface area (Å²) in [6, 6.07) is 17.6. The first-order chi connectivity index (χ1) is 13.9. The van der Waals surface area contributed by atoms with Gasteiger partial charge in [0, 0.05) is 38.7 Å². The van der Waals surface area contributed by atoms with Crippen LogP contribution in [0.2, 0.25) is 0 Å². The molecule has 2 amide bonds. The molecule has 0 saturated carbocycles. The Morgan fingerprint density at radius 2 is 1.79 bits per heavy atom. The number of aromatic nitrogens is 2. The molecule has 3 aromatic rings. The van der Waals surface area contributed by atoms with Crippen molar-refractivity contribution in [2.45, 2.75) is 19.4 Å². The van der Waals surface area contributed by atoms with Crippen LogP contribution in [0.25, 0.3) is 0 Å². The molecule has 0 unspecified atom stereocenters. The van der Waals surface area contributed by atoms with Gasteiger partial charge in [-0.15, -0.1) is 0 Å². The second-order valence-electron chi connectivity index (χ2n) is 6.82. The van der Waals surface area contributed by atoms with Gasteiger partial charge in [0.05, 0.1) is 0 Å². The number of rotatable bonds is 7. The van der Waals surface area contributed by atoms with Gasteiger partial charge in [-0.3, -0.25) is 14.3 Å². The van der Waals surface area contributed by atoms with Crippen molar-refractivity contribution >= 4 is 17.6 Å². The summed E-state index contributed by atoms with van der Waals surface area (Å²) in [7, 11) is 3.24. The lowest BCUT2D eigenvalue weighted by Crippen LogP contribution is -2.27. The quantitative estimate of drug-likeness (QED) is 0.668. The number of anilines is 1. The second-order valence-corrected chi connectivity index (χ2v) is 6.82. The molecule has 0 atom stereocenters. The molecule has 0 aliphatic rings. The van der Waals surface area contributed by atoms with E-state index in [-0.39, 0.29) is 29.9 Å². The average Bonchev–Trinajstić information content (AvgIpc) is 3.08. The van der Waals surface area contributed by atoms with Crippen molar-refractivity contribution in [1.29, 1.82) is 0 Å². The third kappa shape index (κ3) is 5.28. The molecule has 1 N–H and O–H groups in total. The first-order valence-electron chi connectivity index (χ1n) is 9.30. The lowest BCUT2D eigenvalue weighted by atomic mass is 10.1. The van der Waals surface area contributed by atoms with E-state index in [9.17, 15) is 14.0 Å². The van der Waals surface area contributed by atoms with Crippen LogP contribution in [-0.2, 0) is 24.8 Å². The van der Waals surface area contributed by atoms with Crippen molar-refractivity contribution in [1.82, 2.24) is 14.7 Å². The van der Waals surface area contributed by atoms with Gasteiger partial charge in [-0.2, -0.15) is 5.10 Å². The Morgan fingerprint density at radius 1 is 1.10 bits per heavy atom. The minimum absolute atomic E-state index is 0.126. The number of benzene rings is 2. The molecule has 29 heavy (non-hydrogen) atoms. The third-order valence-corrected chi connectivity index (χ3v) is 4.56. The van der Waals surface area contributed by atoms with Crippen LogP contribution in [0.1, 0.15) is 28.0 Å². The highest BCUT2D eigenvalue weighted by Gasteiger charge is 2.19. The Kier molecular flexibility index (Phi) is 6.39. The van der Waals surface area contributed by atoms with E-state index in [0.29, 0.717) is 24.2 Å². The number of nitrogens with zero attached hydrogens (tertiary/aromatic N) is 3. The number of carbonyl (C=O) groups is 2. The van der Waals surface area contributed by atoms with Crippen LogP contribution in [0.4, 0.5) is 10.2 Å². The fourth-order valence-corrected chi connectivity index (χ4v) is 2.95. The Balaban J connectivity index is 1.60. The lowest BCUT2D eigenvalue weighted by molar-refractivity contribution is -0.116. The van der Waals surface area contributed by atoms with Crippen molar-refractivity contribution in [3.8, 4) is 0 Å². The molecule has 3 rings (SSSR count). The molecule has 0 saturated heterocycles. The highest BCUT2D eigenvalue weighted by Crippen LogP contribution is 2.15. The van der Waals surface area contributed by atoms with Gasteiger partial charge in [0.2, 0.25) is 5.91 Å². The van der Waals surface area contributed by atoms with E-state index in [1.165, 1.54) is 21.7 Å². The summed E-state index contributed by atoms with van der Waals surface area (Å²) in [5.41, 5.74) is 1.69. The van der Waals surface area contributed by atoms with Crippen molar-refractivity contribution in [3.05, 3.63) is 83.3 Å². The van der Waals surface area contributed by atoms with E-state index in [0.717, 1.165) is 5.56 Å². The molecule has 0 aliphatic heterocycles. The Labute approximate surface area is 169 Å². The van der Waals surface area contributed by atoms with Crippen LogP contribution in [-0.4, -0.2) is 33.5 Å². The summed E-state index contributed by atoms with van der Waals surface area (Å²) in [4.78, 5) is 26.3. The van der Waals surface area contributed by atoms with Gasteiger partial charge in [0.15, 0.2) is 5.69 Å². The second kappa shape index (κ2) is 9.14. The van der Waals surface area contributed by atoms with Crippen LogP contribution < -0.4 is 5.32 Å². The van der Waals surface area contributed by atoms with E-state index in [4.69, 9.17) is 0 Å². The van der Waals surface area contributed by atoms with Crippen LogP contribution >= 0.6 is 0 Å². The van der Waals surface area contributed by atoms with Crippen LogP contribution in [0.3, 0.4) is 0 Å². The first-order valence-corrected chi connectivity index (χ1v) is 9.30.